The molecular formula is C41H58O6. The summed E-state index contributed by atoms with van der Waals surface area (Å²) in [5.41, 5.74) is 1.56. The quantitative estimate of drug-likeness (QED) is 0.250. The first kappa shape index (κ1) is 33.5. The van der Waals surface area contributed by atoms with Gasteiger partial charge in [-0.2, -0.15) is 0 Å². The molecule has 6 aliphatic rings. The maximum atomic E-state index is 14.2. The third-order valence-corrected chi connectivity index (χ3v) is 15.5. The molecule has 10 atom stereocenters. The second-order valence-electron chi connectivity index (χ2n) is 18.0. The SMILES string of the molecule is CC(CC(O)C1OC1(C)C1CCCC1)C1=C2CCC3C4(C)CC(c5cccc(O)c5)C(=O)C(C)(C)C4CCC3(CCO)C2(C)CC1=O. The van der Waals surface area contributed by atoms with Gasteiger partial charge in [0, 0.05) is 29.8 Å². The molecule has 0 radical (unpaired) electrons. The number of carbonyl (C=O) groups excluding carboxylic acids is 2. The summed E-state index contributed by atoms with van der Waals surface area (Å²) in [6.07, 6.45) is 10.1. The van der Waals surface area contributed by atoms with Crippen LogP contribution in [0.15, 0.2) is 35.4 Å². The number of benzene rings is 1. The molecule has 10 unspecified atom stereocenters. The normalized spacial score (nSPS) is 42.6. The average Bonchev–Trinajstić information content (AvgIpc) is 3.31. The van der Waals surface area contributed by atoms with E-state index in [0.29, 0.717) is 25.2 Å². The molecule has 4 saturated carbocycles. The summed E-state index contributed by atoms with van der Waals surface area (Å²) >= 11 is 0. The molecule has 3 N–H and O–H groups in total. The summed E-state index contributed by atoms with van der Waals surface area (Å²) < 4.78 is 6.20. The number of hydrogen-bond donors (Lipinski definition) is 3. The van der Waals surface area contributed by atoms with Crippen molar-refractivity contribution in [2.75, 3.05) is 6.61 Å². The molecule has 7 rings (SSSR count). The molecule has 1 aromatic rings. The van der Waals surface area contributed by atoms with Crippen molar-refractivity contribution >= 4 is 11.6 Å². The molecule has 47 heavy (non-hydrogen) atoms. The lowest BCUT2D eigenvalue weighted by Gasteiger charge is -2.69. The van der Waals surface area contributed by atoms with E-state index in [0.717, 1.165) is 43.2 Å². The summed E-state index contributed by atoms with van der Waals surface area (Å²) in [5, 5.41) is 32.5. The van der Waals surface area contributed by atoms with Crippen LogP contribution >= 0.6 is 0 Å². The van der Waals surface area contributed by atoms with Crippen LogP contribution in [0, 0.1) is 45.3 Å². The zero-order valence-electron chi connectivity index (χ0n) is 29.6. The van der Waals surface area contributed by atoms with E-state index in [-0.39, 0.29) is 75.5 Å². The second kappa shape index (κ2) is 11.3. The monoisotopic (exact) mass is 646 g/mol. The number of Topliss-reactive ketones (excluding diaryl/α,β-unsaturated/α-hetero) is 2. The van der Waals surface area contributed by atoms with Crippen LogP contribution in [0.1, 0.15) is 130 Å². The van der Waals surface area contributed by atoms with Gasteiger partial charge >= 0.3 is 0 Å². The van der Waals surface area contributed by atoms with E-state index in [9.17, 15) is 24.9 Å². The molecular weight excluding hydrogens is 588 g/mol. The van der Waals surface area contributed by atoms with Crippen molar-refractivity contribution in [1.29, 1.82) is 0 Å². The Bertz CT molecular complexity index is 1470. The van der Waals surface area contributed by atoms with Crippen LogP contribution in [0.5, 0.6) is 5.75 Å². The van der Waals surface area contributed by atoms with E-state index >= 15 is 0 Å². The molecule has 6 nitrogen and oxygen atoms in total. The van der Waals surface area contributed by atoms with Gasteiger partial charge < -0.3 is 20.1 Å². The van der Waals surface area contributed by atoms with Crippen molar-refractivity contribution in [3.8, 4) is 5.75 Å². The highest BCUT2D eigenvalue weighted by molar-refractivity contribution is 6.00. The van der Waals surface area contributed by atoms with E-state index in [1.165, 1.54) is 31.3 Å². The number of fused-ring (bicyclic) bond motifs is 5. The van der Waals surface area contributed by atoms with Gasteiger partial charge in [0.2, 0.25) is 0 Å². The van der Waals surface area contributed by atoms with Gasteiger partial charge in [-0.3, -0.25) is 9.59 Å². The Balaban J connectivity index is 1.21. The van der Waals surface area contributed by atoms with Crippen molar-refractivity contribution in [2.24, 2.45) is 45.3 Å². The van der Waals surface area contributed by atoms with Crippen LogP contribution in [0.3, 0.4) is 0 Å². The number of ether oxygens (including phenoxy) is 1. The Hall–Kier alpha value is -2.02. The smallest absolute Gasteiger partial charge is 0.159 e. The maximum Gasteiger partial charge on any atom is 0.159 e. The van der Waals surface area contributed by atoms with Crippen molar-refractivity contribution in [1.82, 2.24) is 0 Å². The maximum absolute atomic E-state index is 14.2. The minimum atomic E-state index is -0.586. The van der Waals surface area contributed by atoms with E-state index in [4.69, 9.17) is 4.74 Å². The van der Waals surface area contributed by atoms with Crippen molar-refractivity contribution in [3.05, 3.63) is 41.0 Å². The zero-order valence-corrected chi connectivity index (χ0v) is 29.6. The molecule has 0 bridgehead atoms. The van der Waals surface area contributed by atoms with Gasteiger partial charge in [-0.25, -0.2) is 0 Å². The topological polar surface area (TPSA) is 107 Å². The molecule has 0 aromatic heterocycles. The number of epoxide rings is 1. The van der Waals surface area contributed by atoms with Crippen LogP contribution in [-0.2, 0) is 14.3 Å². The van der Waals surface area contributed by atoms with E-state index in [1.54, 1.807) is 12.1 Å². The molecule has 258 valence electrons. The minimum absolute atomic E-state index is 0.0534. The predicted octanol–water partition coefficient (Wildman–Crippen LogP) is 7.68. The number of ketones is 2. The summed E-state index contributed by atoms with van der Waals surface area (Å²) in [6, 6.07) is 7.24. The third kappa shape index (κ3) is 4.73. The van der Waals surface area contributed by atoms with Gasteiger partial charge in [-0.1, -0.05) is 65.2 Å². The first-order valence-electron chi connectivity index (χ1n) is 18.7. The number of phenols is 1. The molecule has 1 aliphatic heterocycles. The number of aromatic hydroxyl groups is 1. The molecule has 1 aromatic carbocycles. The fourth-order valence-corrected chi connectivity index (χ4v) is 13.3. The number of allylic oxidation sites excluding steroid dienone is 2. The first-order chi connectivity index (χ1) is 22.1. The van der Waals surface area contributed by atoms with Crippen LogP contribution in [-0.4, -0.2) is 51.3 Å². The summed E-state index contributed by atoms with van der Waals surface area (Å²) in [5.74, 6) is 1.30. The highest BCUT2D eigenvalue weighted by Gasteiger charge is 2.70. The fraction of sp³-hybridized carbons (Fsp3) is 0.756. The number of phenolic OH excluding ortho intramolecular Hbond substituents is 1. The molecule has 1 saturated heterocycles. The first-order valence-corrected chi connectivity index (χ1v) is 18.7. The van der Waals surface area contributed by atoms with Crippen LogP contribution in [0.2, 0.25) is 0 Å². The lowest BCUT2D eigenvalue weighted by Crippen LogP contribution is -2.64. The van der Waals surface area contributed by atoms with Crippen LogP contribution in [0.4, 0.5) is 0 Å². The molecule has 1 heterocycles. The van der Waals surface area contributed by atoms with E-state index in [2.05, 4.69) is 41.5 Å². The highest BCUT2D eigenvalue weighted by Crippen LogP contribution is 2.76. The number of aliphatic hydroxyl groups excluding tert-OH is 2. The largest absolute Gasteiger partial charge is 0.508 e. The number of hydrogen-bond acceptors (Lipinski definition) is 6. The Morgan fingerprint density at radius 2 is 1.72 bits per heavy atom. The van der Waals surface area contributed by atoms with Gasteiger partial charge in [0.15, 0.2) is 5.78 Å². The van der Waals surface area contributed by atoms with E-state index < -0.39 is 11.5 Å². The Labute approximate surface area is 281 Å². The molecule has 0 spiro atoms. The second-order valence-corrected chi connectivity index (χ2v) is 18.0. The number of aliphatic hydroxyl groups is 2. The Morgan fingerprint density at radius 1 is 1.00 bits per heavy atom. The Morgan fingerprint density at radius 3 is 2.40 bits per heavy atom. The fourth-order valence-electron chi connectivity index (χ4n) is 13.3. The van der Waals surface area contributed by atoms with Crippen molar-refractivity contribution < 1.29 is 29.6 Å². The molecule has 6 heteroatoms. The van der Waals surface area contributed by atoms with Gasteiger partial charge in [0.25, 0.3) is 0 Å². The molecule has 0 amide bonds. The summed E-state index contributed by atoms with van der Waals surface area (Å²) in [6.45, 7) is 13.4. The summed E-state index contributed by atoms with van der Waals surface area (Å²) in [4.78, 5) is 28.4. The number of carbonyl (C=O) groups is 2. The average molecular weight is 647 g/mol. The number of rotatable bonds is 8. The standard InChI is InChI=1S/C41H58O6/c1-24(20-30(44)36-40(6,47-36)26-11-7-8-12-26)34-29-14-15-33-38(4)22-28(25-10-9-13-27(43)21-25)35(46)37(2,3)32(38)16-17-41(33,18-19-42)39(29,5)23-31(34)45/h9-10,13,21,24,26,28,30,32-33,36,42-44H,7-8,11-12,14-20,22-23H2,1-6H3. The summed E-state index contributed by atoms with van der Waals surface area (Å²) in [7, 11) is 0. The molecule has 5 fully saturated rings. The molecule has 5 aliphatic carbocycles. The Kier molecular flexibility index (Phi) is 8.01. The zero-order chi connectivity index (χ0) is 33.7. The van der Waals surface area contributed by atoms with Gasteiger partial charge in [0.1, 0.15) is 17.6 Å². The van der Waals surface area contributed by atoms with Crippen LogP contribution in [0.25, 0.3) is 0 Å². The van der Waals surface area contributed by atoms with Crippen molar-refractivity contribution in [3.63, 3.8) is 0 Å². The van der Waals surface area contributed by atoms with Gasteiger partial charge in [-0.05, 0) is 122 Å². The lowest BCUT2D eigenvalue weighted by molar-refractivity contribution is -0.193. The van der Waals surface area contributed by atoms with Crippen molar-refractivity contribution in [2.45, 2.75) is 142 Å². The highest BCUT2D eigenvalue weighted by atomic mass is 16.6. The van der Waals surface area contributed by atoms with Crippen LogP contribution < -0.4 is 0 Å². The third-order valence-electron chi connectivity index (χ3n) is 15.5. The van der Waals surface area contributed by atoms with Gasteiger partial charge in [-0.15, -0.1) is 0 Å². The lowest BCUT2D eigenvalue weighted by atomic mass is 9.34. The van der Waals surface area contributed by atoms with E-state index in [1.807, 2.05) is 12.1 Å². The minimum Gasteiger partial charge on any atom is -0.508 e. The predicted molar refractivity (Wildman–Crippen MR) is 182 cm³/mol. The van der Waals surface area contributed by atoms with Gasteiger partial charge in [0.05, 0.1) is 11.7 Å².